The van der Waals surface area contributed by atoms with Crippen LogP contribution in [0.2, 0.25) is 0 Å². The number of nitrogens with zero attached hydrogens (tertiary/aromatic N) is 1. The fraction of sp³-hybridized carbons (Fsp3) is 0.349. The molecule has 0 bridgehead atoms. The van der Waals surface area contributed by atoms with Gasteiger partial charge in [0.2, 0.25) is 0 Å². The van der Waals surface area contributed by atoms with Gasteiger partial charge in [0.15, 0.2) is 6.10 Å². The molecule has 4 aromatic rings. The summed E-state index contributed by atoms with van der Waals surface area (Å²) < 4.78 is 128. The zero-order valence-corrected chi connectivity index (χ0v) is 32.8. The second-order valence-electron chi connectivity index (χ2n) is 13.6. The van der Waals surface area contributed by atoms with Crippen molar-refractivity contribution in [3.8, 4) is 0 Å². The standard InChI is InChI=1S/C43H42F6N2O10/c1-28(52)59-34(27-56-24-29-15-7-3-8-16-29)36(58-26-31-19-11-5-12-20-31)37-35(51-38(53)42(44,45)46)33(57-25-30-17-9-4-10-18-30)23-41(60-37,40(54)55-2)61-39(43(47,48)49)50-32-21-13-6-14-22-32/h3-22,33-37H,23-27H2,1-2H3,(H,51,53)/t33-,34+,35+,36+,37+,41-/m0/s1. The van der Waals surface area contributed by atoms with Crippen LogP contribution in [0.5, 0.6) is 0 Å². The lowest BCUT2D eigenvalue weighted by atomic mass is 9.87. The molecule has 0 aromatic heterocycles. The number of benzene rings is 4. The van der Waals surface area contributed by atoms with Crippen molar-refractivity contribution in [2.24, 2.45) is 4.99 Å². The predicted octanol–water partition coefficient (Wildman–Crippen LogP) is 7.32. The molecule has 4 aromatic carbocycles. The highest BCUT2D eigenvalue weighted by Gasteiger charge is 2.61. The summed E-state index contributed by atoms with van der Waals surface area (Å²) in [6, 6.07) is 29.7. The third kappa shape index (κ3) is 13.3. The van der Waals surface area contributed by atoms with Gasteiger partial charge in [-0.2, -0.15) is 26.3 Å². The average molecular weight is 861 g/mol. The molecule has 6 atom stereocenters. The Balaban J connectivity index is 1.70. The predicted molar refractivity (Wildman–Crippen MR) is 205 cm³/mol. The second kappa shape index (κ2) is 21.1. The van der Waals surface area contributed by atoms with E-state index in [-0.39, 0.29) is 18.9 Å². The van der Waals surface area contributed by atoms with E-state index in [1.54, 1.807) is 91.0 Å². The van der Waals surface area contributed by atoms with Gasteiger partial charge in [-0.3, -0.25) is 9.59 Å². The monoisotopic (exact) mass is 860 g/mol. The van der Waals surface area contributed by atoms with Crippen LogP contribution >= 0.6 is 0 Å². The minimum atomic E-state index is -5.51. The fourth-order valence-electron chi connectivity index (χ4n) is 6.34. The number of rotatable bonds is 17. The van der Waals surface area contributed by atoms with Crippen molar-refractivity contribution < 1.29 is 73.9 Å². The molecular formula is C43H42F6N2O10. The van der Waals surface area contributed by atoms with Gasteiger partial charge in [-0.05, 0) is 28.8 Å². The highest BCUT2D eigenvalue weighted by atomic mass is 19.4. The van der Waals surface area contributed by atoms with Crippen LogP contribution in [-0.4, -0.2) is 86.1 Å². The summed E-state index contributed by atoms with van der Waals surface area (Å²) in [4.78, 5) is 43.1. The number of ether oxygens (including phenoxy) is 7. The third-order valence-electron chi connectivity index (χ3n) is 9.09. The van der Waals surface area contributed by atoms with E-state index in [1.807, 2.05) is 5.32 Å². The lowest BCUT2D eigenvalue weighted by Crippen LogP contribution is -2.70. The van der Waals surface area contributed by atoms with Crippen molar-refractivity contribution >= 4 is 29.4 Å². The first-order valence-corrected chi connectivity index (χ1v) is 18.7. The van der Waals surface area contributed by atoms with E-state index in [0.29, 0.717) is 16.7 Å². The van der Waals surface area contributed by atoms with E-state index in [0.717, 1.165) is 14.0 Å². The van der Waals surface area contributed by atoms with Gasteiger partial charge in [-0.1, -0.05) is 109 Å². The molecule has 1 saturated heterocycles. The SMILES string of the molecule is COC(=O)[C@@]1(OC(=Nc2ccccc2)C(F)(F)F)C[C@H](OCc2ccccc2)[C@@H](NC(=O)C(F)(F)F)[C@H]([C@H](OCc2ccccc2)[C@@H](COCc2ccccc2)OC(C)=O)O1. The molecule has 1 heterocycles. The molecule has 18 heteroatoms. The minimum Gasteiger partial charge on any atom is -0.464 e. The molecular weight excluding hydrogens is 818 g/mol. The van der Waals surface area contributed by atoms with Crippen LogP contribution in [0.15, 0.2) is 126 Å². The van der Waals surface area contributed by atoms with Crippen molar-refractivity contribution in [1.82, 2.24) is 5.32 Å². The molecule has 61 heavy (non-hydrogen) atoms. The Morgan fingerprint density at radius 2 is 1.30 bits per heavy atom. The summed E-state index contributed by atoms with van der Waals surface area (Å²) in [5.41, 5.74) is 1.33. The molecule has 1 N–H and O–H groups in total. The lowest BCUT2D eigenvalue weighted by molar-refractivity contribution is -0.305. The van der Waals surface area contributed by atoms with E-state index < -0.39 is 92.0 Å². The number of esters is 2. The largest absolute Gasteiger partial charge is 0.471 e. The maximum atomic E-state index is 14.9. The summed E-state index contributed by atoms with van der Waals surface area (Å²) >= 11 is 0. The molecule has 1 fully saturated rings. The van der Waals surface area contributed by atoms with Crippen LogP contribution in [0.3, 0.4) is 0 Å². The number of carbonyl (C=O) groups excluding carboxylic acids is 3. The first-order chi connectivity index (χ1) is 29.1. The summed E-state index contributed by atoms with van der Waals surface area (Å²) in [5, 5.41) is 1.85. The maximum Gasteiger partial charge on any atom is 0.471 e. The van der Waals surface area contributed by atoms with Gasteiger partial charge in [0.1, 0.15) is 12.2 Å². The Morgan fingerprint density at radius 1 is 0.770 bits per heavy atom. The van der Waals surface area contributed by atoms with Gasteiger partial charge in [0.05, 0.1) is 57.8 Å². The molecule has 5 rings (SSSR count). The first-order valence-electron chi connectivity index (χ1n) is 18.7. The number of para-hydroxylation sites is 1. The number of hydrogen-bond donors (Lipinski definition) is 1. The number of halogens is 6. The molecule has 1 aliphatic heterocycles. The smallest absolute Gasteiger partial charge is 0.464 e. The zero-order valence-electron chi connectivity index (χ0n) is 32.8. The molecule has 0 saturated carbocycles. The van der Waals surface area contributed by atoms with Crippen molar-refractivity contribution in [3.05, 3.63) is 138 Å². The molecule has 0 aliphatic carbocycles. The number of amides is 1. The van der Waals surface area contributed by atoms with Crippen LogP contribution in [0.4, 0.5) is 32.0 Å². The summed E-state index contributed by atoms with van der Waals surface area (Å²) in [7, 11) is 0.813. The Hall–Kier alpha value is -5.82. The van der Waals surface area contributed by atoms with Crippen molar-refractivity contribution in [2.45, 2.75) is 81.8 Å². The quantitative estimate of drug-likeness (QED) is 0.0497. The second-order valence-corrected chi connectivity index (χ2v) is 13.6. The number of nitrogens with one attached hydrogen (secondary N) is 1. The van der Waals surface area contributed by atoms with Crippen LogP contribution in [0, 0.1) is 0 Å². The highest BCUT2D eigenvalue weighted by Crippen LogP contribution is 2.40. The van der Waals surface area contributed by atoms with Crippen LogP contribution in [0.1, 0.15) is 30.0 Å². The Bertz CT molecular complexity index is 2040. The van der Waals surface area contributed by atoms with Crippen molar-refractivity contribution in [1.29, 1.82) is 0 Å². The third-order valence-corrected chi connectivity index (χ3v) is 9.09. The number of aliphatic imine (C=N–C) groups is 1. The number of alkyl halides is 6. The lowest BCUT2D eigenvalue weighted by Gasteiger charge is -2.49. The van der Waals surface area contributed by atoms with E-state index in [4.69, 9.17) is 33.2 Å². The summed E-state index contributed by atoms with van der Waals surface area (Å²) in [5.74, 6) is -10.3. The van der Waals surface area contributed by atoms with E-state index in [9.17, 15) is 40.7 Å². The van der Waals surface area contributed by atoms with Crippen LogP contribution in [-0.2, 0) is 67.4 Å². The number of hydrogen-bond acceptors (Lipinski definition) is 11. The highest BCUT2D eigenvalue weighted by molar-refractivity contribution is 5.89. The number of methoxy groups -OCH3 is 1. The molecule has 1 aliphatic rings. The van der Waals surface area contributed by atoms with Crippen LogP contribution in [0.25, 0.3) is 0 Å². The molecule has 1 amide bonds. The van der Waals surface area contributed by atoms with Crippen molar-refractivity contribution in [3.63, 3.8) is 0 Å². The molecule has 326 valence electrons. The fourth-order valence-corrected chi connectivity index (χ4v) is 6.34. The molecule has 0 unspecified atom stereocenters. The van der Waals surface area contributed by atoms with Gasteiger partial charge in [0.25, 0.3) is 0 Å². The maximum absolute atomic E-state index is 14.9. The normalized spacial score (nSPS) is 20.5. The van der Waals surface area contributed by atoms with E-state index >= 15 is 0 Å². The van der Waals surface area contributed by atoms with E-state index in [1.165, 1.54) is 30.3 Å². The van der Waals surface area contributed by atoms with E-state index in [2.05, 4.69) is 4.99 Å². The van der Waals surface area contributed by atoms with Gasteiger partial charge in [-0.15, -0.1) is 0 Å². The minimum absolute atomic E-state index is 0.0767. The van der Waals surface area contributed by atoms with Gasteiger partial charge >= 0.3 is 41.9 Å². The Morgan fingerprint density at radius 3 is 1.80 bits per heavy atom. The Kier molecular flexibility index (Phi) is 16.0. The summed E-state index contributed by atoms with van der Waals surface area (Å²) in [6.07, 6.45) is -19.5. The zero-order chi connectivity index (χ0) is 44.0. The topological polar surface area (TPSA) is 140 Å². The molecule has 0 radical (unpaired) electrons. The number of carbonyl (C=O) groups is 3. The van der Waals surface area contributed by atoms with Gasteiger partial charge in [0, 0.05) is 6.92 Å². The average Bonchev–Trinajstić information content (AvgIpc) is 3.23. The van der Waals surface area contributed by atoms with Crippen LogP contribution < -0.4 is 5.32 Å². The molecule has 12 nitrogen and oxygen atoms in total. The van der Waals surface area contributed by atoms with Gasteiger partial charge < -0.3 is 38.5 Å². The van der Waals surface area contributed by atoms with Gasteiger partial charge in [-0.25, -0.2) is 9.79 Å². The van der Waals surface area contributed by atoms with Crippen molar-refractivity contribution in [2.75, 3.05) is 13.7 Å². The summed E-state index contributed by atoms with van der Waals surface area (Å²) in [6.45, 7) is -0.370. The molecule has 0 spiro atoms. The Labute approximate surface area is 346 Å². The first kappa shape index (κ1) is 46.2.